The third-order valence-corrected chi connectivity index (χ3v) is 4.01. The van der Waals surface area contributed by atoms with Crippen LogP contribution in [0.5, 0.6) is 11.5 Å². The van der Waals surface area contributed by atoms with E-state index in [9.17, 15) is 4.79 Å². The first kappa shape index (κ1) is 16.0. The van der Waals surface area contributed by atoms with Crippen LogP contribution in [-0.2, 0) is 4.79 Å². The number of fused-ring (bicyclic) bond motifs is 1. The second-order valence-corrected chi connectivity index (χ2v) is 5.71. The van der Waals surface area contributed by atoms with Crippen LogP contribution in [0.2, 0.25) is 0 Å². The molecule has 0 saturated heterocycles. The molecule has 132 valence electrons. The third kappa shape index (κ3) is 3.46. The fraction of sp³-hybridized carbons (Fsp3) is 0.158. The number of rotatable bonds is 6. The second kappa shape index (κ2) is 7.18. The van der Waals surface area contributed by atoms with Crippen molar-refractivity contribution in [3.63, 3.8) is 0 Å². The number of nitrogens with one attached hydrogen (secondary N) is 1. The van der Waals surface area contributed by atoms with Gasteiger partial charge in [-0.1, -0.05) is 6.07 Å². The molecule has 26 heavy (non-hydrogen) atoms. The number of nitrogens with zero attached hydrogens (tertiary/aromatic N) is 2. The molecule has 3 heterocycles. The van der Waals surface area contributed by atoms with Gasteiger partial charge in [-0.15, -0.1) is 0 Å². The summed E-state index contributed by atoms with van der Waals surface area (Å²) in [7, 11) is 0. The Morgan fingerprint density at radius 3 is 3.00 bits per heavy atom. The van der Waals surface area contributed by atoms with E-state index in [1.54, 1.807) is 23.2 Å². The maximum atomic E-state index is 12.2. The standard InChI is InChI=1S/C19H17N3O4/c23-19(7-5-14-4-6-17-18(11-14)26-13-25-17)20-12-15(16-3-1-10-24-16)22-9-2-8-21-22/h1-11,15H,12-13H2,(H,20,23). The first-order valence-electron chi connectivity index (χ1n) is 8.18. The Balaban J connectivity index is 1.39. The predicted molar refractivity (Wildman–Crippen MR) is 93.7 cm³/mol. The van der Waals surface area contributed by atoms with E-state index in [4.69, 9.17) is 13.9 Å². The van der Waals surface area contributed by atoms with Gasteiger partial charge in [0.05, 0.1) is 6.26 Å². The first-order chi connectivity index (χ1) is 12.8. The molecule has 1 aliphatic rings. The Bertz CT molecular complexity index is 867. The number of hydrogen-bond acceptors (Lipinski definition) is 5. The zero-order valence-electron chi connectivity index (χ0n) is 13.9. The van der Waals surface area contributed by atoms with Crippen LogP contribution in [0.3, 0.4) is 0 Å². The van der Waals surface area contributed by atoms with Gasteiger partial charge in [-0.2, -0.15) is 5.10 Å². The molecule has 0 bridgehead atoms. The molecule has 7 heteroatoms. The maximum absolute atomic E-state index is 12.2. The van der Waals surface area contributed by atoms with Crippen LogP contribution in [0.15, 0.2) is 65.5 Å². The van der Waals surface area contributed by atoms with Crippen LogP contribution >= 0.6 is 0 Å². The van der Waals surface area contributed by atoms with E-state index in [-0.39, 0.29) is 18.7 Å². The molecule has 3 aromatic rings. The van der Waals surface area contributed by atoms with Gasteiger partial charge in [0, 0.05) is 25.0 Å². The Morgan fingerprint density at radius 2 is 2.19 bits per heavy atom. The molecule has 0 radical (unpaired) electrons. The van der Waals surface area contributed by atoms with E-state index in [1.807, 2.05) is 42.6 Å². The molecule has 4 rings (SSSR count). The smallest absolute Gasteiger partial charge is 0.244 e. The van der Waals surface area contributed by atoms with Crippen molar-refractivity contribution in [2.24, 2.45) is 0 Å². The highest BCUT2D eigenvalue weighted by Gasteiger charge is 2.17. The summed E-state index contributed by atoms with van der Waals surface area (Å²) in [4.78, 5) is 12.2. The van der Waals surface area contributed by atoms with Gasteiger partial charge in [0.2, 0.25) is 12.7 Å². The molecule has 0 spiro atoms. The fourth-order valence-corrected chi connectivity index (χ4v) is 2.72. The molecule has 7 nitrogen and oxygen atoms in total. The van der Waals surface area contributed by atoms with Crippen molar-refractivity contribution in [1.82, 2.24) is 15.1 Å². The van der Waals surface area contributed by atoms with Crippen LogP contribution in [0.4, 0.5) is 0 Å². The molecule has 1 aliphatic heterocycles. The van der Waals surface area contributed by atoms with E-state index in [1.165, 1.54) is 6.08 Å². The van der Waals surface area contributed by atoms with Gasteiger partial charge in [-0.05, 0) is 42.0 Å². The van der Waals surface area contributed by atoms with E-state index in [0.717, 1.165) is 11.3 Å². The number of carbonyl (C=O) groups is 1. The average Bonchev–Trinajstić information content (AvgIpc) is 3.41. The van der Waals surface area contributed by atoms with Crippen molar-refractivity contribution < 1.29 is 18.7 Å². The van der Waals surface area contributed by atoms with E-state index in [2.05, 4.69) is 10.4 Å². The zero-order valence-corrected chi connectivity index (χ0v) is 13.9. The molecule has 1 N–H and O–H groups in total. The van der Waals surface area contributed by atoms with E-state index in [0.29, 0.717) is 18.0 Å². The lowest BCUT2D eigenvalue weighted by Gasteiger charge is -2.15. The SMILES string of the molecule is O=C(C=Cc1ccc2c(c1)OCO2)NCC(c1ccco1)n1cccn1. The third-order valence-electron chi connectivity index (χ3n) is 4.01. The number of carbonyl (C=O) groups excluding carboxylic acids is 1. The molecule has 1 amide bonds. The molecular weight excluding hydrogens is 334 g/mol. The summed E-state index contributed by atoms with van der Waals surface area (Å²) in [6.45, 7) is 0.587. The van der Waals surface area contributed by atoms with Crippen molar-refractivity contribution >= 4 is 12.0 Å². The Hall–Kier alpha value is -3.48. The highest BCUT2D eigenvalue weighted by Crippen LogP contribution is 2.32. The number of amides is 1. The van der Waals surface area contributed by atoms with Crippen molar-refractivity contribution in [2.45, 2.75) is 6.04 Å². The van der Waals surface area contributed by atoms with Crippen molar-refractivity contribution in [3.05, 3.63) is 72.5 Å². The highest BCUT2D eigenvalue weighted by atomic mass is 16.7. The second-order valence-electron chi connectivity index (χ2n) is 5.71. The summed E-state index contributed by atoms with van der Waals surface area (Å²) in [6, 6.07) is 10.8. The number of ether oxygens (including phenoxy) is 2. The van der Waals surface area contributed by atoms with Gasteiger partial charge in [-0.25, -0.2) is 0 Å². The molecule has 0 saturated carbocycles. The topological polar surface area (TPSA) is 78.5 Å². The Labute approximate surface area is 149 Å². The van der Waals surface area contributed by atoms with Gasteiger partial charge in [0.25, 0.3) is 0 Å². The molecule has 2 aromatic heterocycles. The van der Waals surface area contributed by atoms with Gasteiger partial charge >= 0.3 is 0 Å². The molecule has 0 fully saturated rings. The lowest BCUT2D eigenvalue weighted by molar-refractivity contribution is -0.116. The van der Waals surface area contributed by atoms with E-state index < -0.39 is 0 Å². The van der Waals surface area contributed by atoms with Crippen LogP contribution in [-0.4, -0.2) is 29.0 Å². The molecule has 0 aliphatic carbocycles. The van der Waals surface area contributed by atoms with Crippen molar-refractivity contribution in [2.75, 3.05) is 13.3 Å². The number of aromatic nitrogens is 2. The van der Waals surface area contributed by atoms with Crippen molar-refractivity contribution in [3.8, 4) is 11.5 Å². The largest absolute Gasteiger partial charge is 0.467 e. The monoisotopic (exact) mass is 351 g/mol. The molecule has 1 unspecified atom stereocenters. The van der Waals surface area contributed by atoms with Crippen molar-refractivity contribution in [1.29, 1.82) is 0 Å². The van der Waals surface area contributed by atoms with Gasteiger partial charge < -0.3 is 19.2 Å². The number of furan rings is 1. The lowest BCUT2D eigenvalue weighted by Crippen LogP contribution is -2.30. The summed E-state index contributed by atoms with van der Waals surface area (Å²) in [6.07, 6.45) is 8.35. The summed E-state index contributed by atoms with van der Waals surface area (Å²) >= 11 is 0. The van der Waals surface area contributed by atoms with E-state index >= 15 is 0 Å². The number of hydrogen-bond donors (Lipinski definition) is 1. The maximum Gasteiger partial charge on any atom is 0.244 e. The summed E-state index contributed by atoms with van der Waals surface area (Å²) in [5.41, 5.74) is 0.860. The minimum Gasteiger partial charge on any atom is -0.467 e. The minimum atomic E-state index is -0.206. The highest BCUT2D eigenvalue weighted by molar-refractivity contribution is 5.91. The van der Waals surface area contributed by atoms with Crippen LogP contribution < -0.4 is 14.8 Å². The van der Waals surface area contributed by atoms with Crippen LogP contribution in [0.1, 0.15) is 17.4 Å². The zero-order chi connectivity index (χ0) is 17.8. The molecule has 1 atom stereocenters. The fourth-order valence-electron chi connectivity index (χ4n) is 2.72. The number of benzene rings is 1. The molecule has 1 aromatic carbocycles. The summed E-state index contributed by atoms with van der Waals surface area (Å²) < 4.78 is 17.8. The van der Waals surface area contributed by atoms with Crippen LogP contribution in [0, 0.1) is 0 Å². The predicted octanol–water partition coefficient (Wildman–Crippen LogP) is 2.62. The van der Waals surface area contributed by atoms with Gasteiger partial charge in [0.1, 0.15) is 11.8 Å². The normalized spacial score (nSPS) is 13.8. The first-order valence-corrected chi connectivity index (χ1v) is 8.18. The average molecular weight is 351 g/mol. The molecular formula is C19H17N3O4. The lowest BCUT2D eigenvalue weighted by atomic mass is 10.2. The summed E-state index contributed by atoms with van der Waals surface area (Å²) in [5.74, 6) is 1.93. The quantitative estimate of drug-likeness (QED) is 0.691. The van der Waals surface area contributed by atoms with Gasteiger partial charge in [-0.3, -0.25) is 9.48 Å². The van der Waals surface area contributed by atoms with Gasteiger partial charge in [0.15, 0.2) is 11.5 Å². The Morgan fingerprint density at radius 1 is 1.27 bits per heavy atom. The minimum absolute atomic E-state index is 0.202. The summed E-state index contributed by atoms with van der Waals surface area (Å²) in [5, 5.41) is 7.12. The van der Waals surface area contributed by atoms with Crippen LogP contribution in [0.25, 0.3) is 6.08 Å². The Kier molecular flexibility index (Phi) is 4.42.